The summed E-state index contributed by atoms with van der Waals surface area (Å²) in [5.74, 6) is 0.701. The van der Waals surface area contributed by atoms with E-state index in [0.29, 0.717) is 10.8 Å². The topological polar surface area (TPSA) is 66.0 Å². The van der Waals surface area contributed by atoms with Gasteiger partial charge in [-0.15, -0.1) is 0 Å². The quantitative estimate of drug-likeness (QED) is 0.703. The van der Waals surface area contributed by atoms with Gasteiger partial charge in [0, 0.05) is 30.4 Å². The normalized spacial score (nSPS) is 10.9. The molecule has 0 saturated heterocycles. The van der Waals surface area contributed by atoms with E-state index in [1.807, 2.05) is 24.3 Å². The first-order chi connectivity index (χ1) is 12.0. The van der Waals surface area contributed by atoms with Gasteiger partial charge in [-0.2, -0.15) is 5.10 Å². The molecule has 0 unspecified atom stereocenters. The monoisotopic (exact) mass is 361 g/mol. The second-order valence-corrected chi connectivity index (χ2v) is 6.64. The van der Waals surface area contributed by atoms with E-state index in [-0.39, 0.29) is 12.5 Å². The van der Waals surface area contributed by atoms with Gasteiger partial charge < -0.3 is 10.2 Å². The highest BCUT2D eigenvalue weighted by molar-refractivity contribution is 7.71. The number of aromatic amines is 1. The van der Waals surface area contributed by atoms with E-state index in [1.165, 1.54) is 0 Å². The second-order valence-electron chi connectivity index (χ2n) is 6.26. The summed E-state index contributed by atoms with van der Waals surface area (Å²) in [5.41, 5.74) is 1.93. The van der Waals surface area contributed by atoms with Gasteiger partial charge in [0.05, 0.1) is 0 Å². The Morgan fingerprint density at radius 2 is 2.00 bits per heavy atom. The molecule has 0 saturated carbocycles. The van der Waals surface area contributed by atoms with Crippen LogP contribution in [-0.4, -0.2) is 33.3 Å². The zero-order chi connectivity index (χ0) is 18.4. The molecular weight excluding hydrogens is 334 g/mol. The molecule has 0 aliphatic rings. The summed E-state index contributed by atoms with van der Waals surface area (Å²) in [6, 6.07) is 8.36. The number of nitrogens with one attached hydrogen (secondary N) is 2. The molecule has 1 heterocycles. The minimum Gasteiger partial charge on any atom is -0.369 e. The van der Waals surface area contributed by atoms with Gasteiger partial charge in [-0.1, -0.05) is 6.92 Å². The highest BCUT2D eigenvalue weighted by Gasteiger charge is 2.11. The summed E-state index contributed by atoms with van der Waals surface area (Å²) in [4.78, 5) is 14.6. The molecule has 1 aromatic carbocycles. The number of carbonyl (C=O) groups is 1. The fourth-order valence-corrected chi connectivity index (χ4v) is 3.07. The van der Waals surface area contributed by atoms with Crippen molar-refractivity contribution in [1.82, 2.24) is 14.8 Å². The molecule has 25 heavy (non-hydrogen) atoms. The Bertz CT molecular complexity index is 748. The van der Waals surface area contributed by atoms with Crippen LogP contribution in [0.25, 0.3) is 0 Å². The molecule has 0 aliphatic heterocycles. The van der Waals surface area contributed by atoms with Crippen molar-refractivity contribution in [3.05, 3.63) is 34.9 Å². The molecule has 136 valence electrons. The van der Waals surface area contributed by atoms with Crippen molar-refractivity contribution < 1.29 is 4.79 Å². The Morgan fingerprint density at radius 3 is 2.56 bits per heavy atom. The Hall–Kier alpha value is -2.15. The number of amides is 1. The third-order valence-electron chi connectivity index (χ3n) is 4.06. The lowest BCUT2D eigenvalue weighted by atomic mass is 10.2. The van der Waals surface area contributed by atoms with Gasteiger partial charge >= 0.3 is 0 Å². The number of hydrogen-bond donors (Lipinski definition) is 2. The van der Waals surface area contributed by atoms with Crippen LogP contribution in [0.15, 0.2) is 24.3 Å². The van der Waals surface area contributed by atoms with E-state index in [1.54, 1.807) is 4.57 Å². The summed E-state index contributed by atoms with van der Waals surface area (Å²) in [5, 5.41) is 9.87. The summed E-state index contributed by atoms with van der Waals surface area (Å²) in [7, 11) is 0. The molecule has 0 atom stereocenters. The average molecular weight is 362 g/mol. The first kappa shape index (κ1) is 19.2. The van der Waals surface area contributed by atoms with Gasteiger partial charge in [0.25, 0.3) is 0 Å². The Balaban J connectivity index is 2.04. The SMILES string of the molecule is CCCc1n[nH]c(=S)n1CC(=O)Nc1ccc(N(CC)C(C)C)cc1. The Labute approximate surface area is 154 Å². The number of benzene rings is 1. The Morgan fingerprint density at radius 1 is 1.32 bits per heavy atom. The summed E-state index contributed by atoms with van der Waals surface area (Å²) < 4.78 is 2.23. The van der Waals surface area contributed by atoms with Crippen LogP contribution in [0.2, 0.25) is 0 Å². The predicted octanol–water partition coefficient (Wildman–Crippen LogP) is 3.77. The predicted molar refractivity (Wildman–Crippen MR) is 105 cm³/mol. The molecule has 0 fully saturated rings. The molecule has 0 radical (unpaired) electrons. The fourth-order valence-electron chi connectivity index (χ4n) is 2.85. The summed E-state index contributed by atoms with van der Waals surface area (Å²) >= 11 is 5.21. The molecule has 6 nitrogen and oxygen atoms in total. The van der Waals surface area contributed by atoms with Gasteiger partial charge in [-0.25, -0.2) is 0 Å². The van der Waals surface area contributed by atoms with Crippen molar-refractivity contribution in [2.45, 2.75) is 53.1 Å². The average Bonchev–Trinajstić information content (AvgIpc) is 2.90. The zero-order valence-electron chi connectivity index (χ0n) is 15.4. The fraction of sp³-hybridized carbons (Fsp3) is 0.500. The van der Waals surface area contributed by atoms with Gasteiger partial charge in [0.15, 0.2) is 4.77 Å². The Kier molecular flexibility index (Phi) is 6.75. The molecule has 2 N–H and O–H groups in total. The van der Waals surface area contributed by atoms with Gasteiger partial charge in [-0.05, 0) is 63.7 Å². The first-order valence-electron chi connectivity index (χ1n) is 8.76. The van der Waals surface area contributed by atoms with Crippen LogP contribution in [0, 0.1) is 4.77 Å². The highest BCUT2D eigenvalue weighted by atomic mass is 32.1. The van der Waals surface area contributed by atoms with Crippen molar-refractivity contribution >= 4 is 29.5 Å². The van der Waals surface area contributed by atoms with E-state index in [0.717, 1.165) is 36.6 Å². The molecule has 1 amide bonds. The van der Waals surface area contributed by atoms with E-state index in [9.17, 15) is 4.79 Å². The maximum Gasteiger partial charge on any atom is 0.244 e. The van der Waals surface area contributed by atoms with Gasteiger partial charge in [0.2, 0.25) is 5.91 Å². The lowest BCUT2D eigenvalue weighted by Gasteiger charge is -2.27. The van der Waals surface area contributed by atoms with Crippen LogP contribution in [0.3, 0.4) is 0 Å². The molecular formula is C18H27N5OS. The lowest BCUT2D eigenvalue weighted by Crippen LogP contribution is -2.30. The number of H-pyrrole nitrogens is 1. The molecule has 0 aliphatic carbocycles. The molecule has 0 bridgehead atoms. The van der Waals surface area contributed by atoms with E-state index in [4.69, 9.17) is 12.2 Å². The van der Waals surface area contributed by atoms with Crippen LogP contribution >= 0.6 is 12.2 Å². The van der Waals surface area contributed by atoms with Gasteiger partial charge in [0.1, 0.15) is 12.4 Å². The number of carbonyl (C=O) groups excluding carboxylic acids is 1. The number of aryl methyl sites for hydroxylation is 1. The van der Waals surface area contributed by atoms with Crippen LogP contribution < -0.4 is 10.2 Å². The standard InChI is InChI=1S/C18H27N5OS/c1-5-7-16-20-21-18(25)23(16)12-17(24)19-14-8-10-15(11-9-14)22(6-2)13(3)4/h8-11,13H,5-7,12H2,1-4H3,(H,19,24)(H,21,25). The molecule has 0 spiro atoms. The smallest absolute Gasteiger partial charge is 0.244 e. The largest absolute Gasteiger partial charge is 0.369 e. The molecule has 1 aromatic heterocycles. The molecule has 2 aromatic rings. The second kappa shape index (κ2) is 8.80. The van der Waals surface area contributed by atoms with Gasteiger partial charge in [-0.3, -0.25) is 14.5 Å². The van der Waals surface area contributed by atoms with E-state index in [2.05, 4.69) is 48.1 Å². The third kappa shape index (κ3) is 4.92. The van der Waals surface area contributed by atoms with Crippen molar-refractivity contribution in [1.29, 1.82) is 0 Å². The summed E-state index contributed by atoms with van der Waals surface area (Å²) in [6.45, 7) is 9.66. The van der Waals surface area contributed by atoms with Crippen molar-refractivity contribution in [3.8, 4) is 0 Å². The number of aromatic nitrogens is 3. The molecule has 2 rings (SSSR count). The number of nitrogens with zero attached hydrogens (tertiary/aromatic N) is 3. The van der Waals surface area contributed by atoms with Crippen molar-refractivity contribution in [2.24, 2.45) is 0 Å². The first-order valence-corrected chi connectivity index (χ1v) is 9.17. The number of rotatable bonds is 8. The summed E-state index contributed by atoms with van der Waals surface area (Å²) in [6.07, 6.45) is 1.74. The van der Waals surface area contributed by atoms with E-state index >= 15 is 0 Å². The molecule has 7 heteroatoms. The maximum absolute atomic E-state index is 12.3. The minimum absolute atomic E-state index is 0.112. The van der Waals surface area contributed by atoms with Crippen LogP contribution in [0.1, 0.15) is 39.9 Å². The lowest BCUT2D eigenvalue weighted by molar-refractivity contribution is -0.116. The van der Waals surface area contributed by atoms with Crippen LogP contribution in [0.5, 0.6) is 0 Å². The van der Waals surface area contributed by atoms with Crippen molar-refractivity contribution in [3.63, 3.8) is 0 Å². The maximum atomic E-state index is 12.3. The third-order valence-corrected chi connectivity index (χ3v) is 4.37. The minimum atomic E-state index is -0.112. The van der Waals surface area contributed by atoms with Crippen LogP contribution in [0.4, 0.5) is 11.4 Å². The zero-order valence-corrected chi connectivity index (χ0v) is 16.2. The van der Waals surface area contributed by atoms with Crippen LogP contribution in [-0.2, 0) is 17.8 Å². The number of hydrogen-bond acceptors (Lipinski definition) is 4. The number of anilines is 2. The highest BCUT2D eigenvalue weighted by Crippen LogP contribution is 2.20. The van der Waals surface area contributed by atoms with E-state index < -0.39 is 0 Å². The van der Waals surface area contributed by atoms with Crippen molar-refractivity contribution in [2.75, 3.05) is 16.8 Å².